The van der Waals surface area contributed by atoms with Crippen LogP contribution in [0.5, 0.6) is 5.75 Å². The third-order valence-corrected chi connectivity index (χ3v) is 6.55. The molecule has 3 aromatic rings. The first-order chi connectivity index (χ1) is 15.1. The smallest absolute Gasteiger partial charge is 0.277 e. The van der Waals surface area contributed by atoms with Crippen LogP contribution in [0.2, 0.25) is 0 Å². The largest absolute Gasteiger partial charge is 0.494 e. The van der Waals surface area contributed by atoms with Crippen LogP contribution >= 0.6 is 0 Å². The zero-order chi connectivity index (χ0) is 21.4. The summed E-state index contributed by atoms with van der Waals surface area (Å²) in [7, 11) is 0. The molecule has 0 radical (unpaired) electrons. The Morgan fingerprint density at radius 3 is 2.65 bits per heavy atom. The van der Waals surface area contributed by atoms with Crippen LogP contribution in [0, 0.1) is 0 Å². The van der Waals surface area contributed by atoms with Gasteiger partial charge in [0.05, 0.1) is 18.8 Å². The Hall–Kier alpha value is -2.71. The Kier molecular flexibility index (Phi) is 5.50. The molecule has 8 heteroatoms. The van der Waals surface area contributed by atoms with E-state index in [2.05, 4.69) is 33.9 Å². The monoisotopic (exact) mass is 423 g/mol. The maximum Gasteiger partial charge on any atom is 0.277 e. The Labute approximate surface area is 181 Å². The fourth-order valence-electron chi connectivity index (χ4n) is 4.57. The van der Waals surface area contributed by atoms with Crippen molar-refractivity contribution in [2.75, 3.05) is 32.9 Å². The Balaban J connectivity index is 1.32. The molecule has 2 saturated heterocycles. The van der Waals surface area contributed by atoms with Gasteiger partial charge in [0, 0.05) is 38.1 Å². The summed E-state index contributed by atoms with van der Waals surface area (Å²) in [5, 5.41) is 4.80. The van der Waals surface area contributed by atoms with Gasteiger partial charge in [-0.05, 0) is 44.4 Å². The predicted molar refractivity (Wildman–Crippen MR) is 117 cm³/mol. The number of aromatic amines is 1. The third kappa shape index (κ3) is 3.85. The summed E-state index contributed by atoms with van der Waals surface area (Å²) in [5.41, 5.74) is 1.69. The minimum Gasteiger partial charge on any atom is -0.494 e. The van der Waals surface area contributed by atoms with Gasteiger partial charge < -0.3 is 14.5 Å². The van der Waals surface area contributed by atoms with Crippen LogP contribution in [-0.4, -0.2) is 57.4 Å². The van der Waals surface area contributed by atoms with Gasteiger partial charge in [0.15, 0.2) is 5.52 Å². The summed E-state index contributed by atoms with van der Waals surface area (Å²) in [4.78, 5) is 22.5. The maximum absolute atomic E-state index is 12.7. The normalized spacial score (nSPS) is 19.4. The van der Waals surface area contributed by atoms with E-state index in [9.17, 15) is 4.79 Å². The van der Waals surface area contributed by atoms with E-state index < -0.39 is 0 Å². The number of rotatable bonds is 6. The Morgan fingerprint density at radius 1 is 1.19 bits per heavy atom. The number of H-pyrrole nitrogens is 1. The number of aromatic nitrogens is 4. The molecule has 0 aliphatic carbocycles. The minimum absolute atomic E-state index is 0.0287. The number of nitrogens with zero attached hydrogens (tertiary/aromatic N) is 4. The number of benzene rings is 1. The van der Waals surface area contributed by atoms with Crippen molar-refractivity contribution in [2.45, 2.75) is 44.6 Å². The molecule has 1 atom stereocenters. The summed E-state index contributed by atoms with van der Waals surface area (Å²) in [5.74, 6) is 3.23. The second kappa shape index (κ2) is 8.43. The summed E-state index contributed by atoms with van der Waals surface area (Å²) in [6, 6.07) is 8.40. The van der Waals surface area contributed by atoms with Gasteiger partial charge in [0.1, 0.15) is 17.4 Å². The van der Waals surface area contributed by atoms with Crippen molar-refractivity contribution in [1.82, 2.24) is 24.5 Å². The topological polar surface area (TPSA) is 84.8 Å². The van der Waals surface area contributed by atoms with E-state index in [1.165, 1.54) is 5.56 Å². The predicted octanol–water partition coefficient (Wildman–Crippen LogP) is 2.87. The molecule has 0 spiro atoms. The molecule has 164 valence electrons. The van der Waals surface area contributed by atoms with Crippen molar-refractivity contribution >= 4 is 5.52 Å². The molecular weight excluding hydrogens is 394 g/mol. The molecule has 1 unspecified atom stereocenters. The number of imidazole rings is 1. The number of likely N-dealkylation sites (tertiary alicyclic amines) is 1. The van der Waals surface area contributed by atoms with Crippen LogP contribution in [0.1, 0.15) is 61.8 Å². The van der Waals surface area contributed by atoms with Gasteiger partial charge in [-0.3, -0.25) is 9.69 Å². The van der Waals surface area contributed by atoms with Gasteiger partial charge in [0.2, 0.25) is 0 Å². The van der Waals surface area contributed by atoms with Crippen molar-refractivity contribution in [1.29, 1.82) is 0 Å². The molecule has 5 rings (SSSR count). The van der Waals surface area contributed by atoms with Crippen LogP contribution in [0.15, 0.2) is 35.3 Å². The quantitative estimate of drug-likeness (QED) is 0.656. The summed E-state index contributed by atoms with van der Waals surface area (Å²) in [6.07, 6.45) is 3.46. The van der Waals surface area contributed by atoms with Crippen molar-refractivity contribution < 1.29 is 9.47 Å². The average molecular weight is 424 g/mol. The highest BCUT2D eigenvalue weighted by atomic mass is 16.5. The lowest BCUT2D eigenvalue weighted by Gasteiger charge is -2.43. The number of hydrogen-bond donors (Lipinski definition) is 1. The van der Waals surface area contributed by atoms with E-state index >= 15 is 0 Å². The molecule has 0 amide bonds. The van der Waals surface area contributed by atoms with Gasteiger partial charge in [-0.15, -0.1) is 0 Å². The number of ether oxygens (including phenoxy) is 2. The van der Waals surface area contributed by atoms with E-state index in [0.717, 1.165) is 50.7 Å². The van der Waals surface area contributed by atoms with Gasteiger partial charge in [-0.2, -0.15) is 5.10 Å². The Bertz CT molecular complexity index is 1090. The van der Waals surface area contributed by atoms with E-state index in [1.54, 1.807) is 10.7 Å². The van der Waals surface area contributed by atoms with E-state index in [1.807, 2.05) is 19.1 Å². The molecule has 2 fully saturated rings. The fraction of sp³-hybridized carbons (Fsp3) is 0.522. The molecule has 4 heterocycles. The highest BCUT2D eigenvalue weighted by molar-refractivity contribution is 5.42. The molecule has 0 bridgehead atoms. The lowest BCUT2D eigenvalue weighted by Crippen LogP contribution is -2.46. The molecule has 2 aromatic heterocycles. The number of hydrogen-bond acceptors (Lipinski definition) is 6. The van der Waals surface area contributed by atoms with Crippen molar-refractivity contribution in [3.63, 3.8) is 0 Å². The molecule has 1 N–H and O–H groups in total. The van der Waals surface area contributed by atoms with Crippen molar-refractivity contribution in [3.8, 4) is 5.75 Å². The van der Waals surface area contributed by atoms with Crippen LogP contribution in [0.25, 0.3) is 5.52 Å². The van der Waals surface area contributed by atoms with Crippen LogP contribution in [0.4, 0.5) is 0 Å². The number of fused-ring (bicyclic) bond motifs is 1. The first-order valence-electron chi connectivity index (χ1n) is 11.2. The van der Waals surface area contributed by atoms with E-state index in [4.69, 9.17) is 14.6 Å². The molecule has 2 aliphatic heterocycles. The fourth-order valence-corrected chi connectivity index (χ4v) is 4.57. The standard InChI is InChI=1S/C23H29N5O3/c1-3-31-19-6-4-16(5-7-19)18-13-27(14-18)15(2)21-25-23(29)20-12-24-22(28(20)26-21)17-8-10-30-11-9-17/h4-7,12,15,17-18H,3,8-11,13-14H2,1-2H3,(H,25,26,29). The number of nitrogens with one attached hydrogen (secondary N) is 1. The lowest BCUT2D eigenvalue weighted by molar-refractivity contribution is 0.0829. The second-order valence-electron chi connectivity index (χ2n) is 8.47. The molecule has 2 aliphatic rings. The summed E-state index contributed by atoms with van der Waals surface area (Å²) >= 11 is 0. The summed E-state index contributed by atoms with van der Waals surface area (Å²) < 4.78 is 12.8. The van der Waals surface area contributed by atoms with E-state index in [-0.39, 0.29) is 17.5 Å². The van der Waals surface area contributed by atoms with E-state index in [0.29, 0.717) is 23.9 Å². The minimum atomic E-state index is -0.133. The maximum atomic E-state index is 12.7. The average Bonchev–Trinajstić information content (AvgIpc) is 3.19. The lowest BCUT2D eigenvalue weighted by atomic mass is 9.90. The second-order valence-corrected chi connectivity index (χ2v) is 8.47. The first-order valence-corrected chi connectivity index (χ1v) is 11.2. The summed E-state index contributed by atoms with van der Waals surface area (Å²) in [6.45, 7) is 8.10. The van der Waals surface area contributed by atoms with Crippen LogP contribution < -0.4 is 10.3 Å². The molecule has 8 nitrogen and oxygen atoms in total. The van der Waals surface area contributed by atoms with Crippen molar-refractivity contribution in [3.05, 3.63) is 58.0 Å². The zero-order valence-electron chi connectivity index (χ0n) is 18.1. The zero-order valence-corrected chi connectivity index (χ0v) is 18.1. The SMILES string of the molecule is CCOc1ccc(C2CN(C(C)c3nn4c(C5CCOCC5)ncc4c(=O)[nH]3)C2)cc1. The third-order valence-electron chi connectivity index (χ3n) is 6.55. The molecule has 0 saturated carbocycles. The Morgan fingerprint density at radius 2 is 1.94 bits per heavy atom. The van der Waals surface area contributed by atoms with Crippen LogP contribution in [-0.2, 0) is 4.74 Å². The van der Waals surface area contributed by atoms with Gasteiger partial charge in [0.25, 0.3) is 5.56 Å². The molecule has 31 heavy (non-hydrogen) atoms. The molecular formula is C23H29N5O3. The first kappa shape index (κ1) is 20.2. The van der Waals surface area contributed by atoms with Crippen molar-refractivity contribution in [2.24, 2.45) is 0 Å². The van der Waals surface area contributed by atoms with Gasteiger partial charge in [-0.1, -0.05) is 12.1 Å². The highest BCUT2D eigenvalue weighted by Gasteiger charge is 2.33. The van der Waals surface area contributed by atoms with Gasteiger partial charge in [-0.25, -0.2) is 9.50 Å². The highest BCUT2D eigenvalue weighted by Crippen LogP contribution is 2.34. The molecule has 1 aromatic carbocycles. The van der Waals surface area contributed by atoms with Gasteiger partial charge >= 0.3 is 0 Å². The van der Waals surface area contributed by atoms with Crippen LogP contribution in [0.3, 0.4) is 0 Å².